The van der Waals surface area contributed by atoms with Crippen LogP contribution in [0.25, 0.3) is 0 Å². The van der Waals surface area contributed by atoms with E-state index in [0.29, 0.717) is 25.2 Å². The van der Waals surface area contributed by atoms with E-state index in [4.69, 9.17) is 10.5 Å². The van der Waals surface area contributed by atoms with Crippen molar-refractivity contribution in [1.29, 1.82) is 0 Å². The average Bonchev–Trinajstić information content (AvgIpc) is 2.54. The van der Waals surface area contributed by atoms with Crippen LogP contribution in [0, 0.1) is 0 Å². The molecule has 0 bridgehead atoms. The summed E-state index contributed by atoms with van der Waals surface area (Å²) in [5.74, 6) is 0.486. The molecule has 0 spiro atoms. The van der Waals surface area contributed by atoms with E-state index in [1.165, 1.54) is 5.56 Å². The molecule has 0 aliphatic heterocycles. The lowest BCUT2D eigenvalue weighted by molar-refractivity contribution is 0.179. The van der Waals surface area contributed by atoms with Gasteiger partial charge in [-0.2, -0.15) is 0 Å². The van der Waals surface area contributed by atoms with Gasteiger partial charge in [0.05, 0.1) is 13.2 Å². The van der Waals surface area contributed by atoms with Gasteiger partial charge in [0.25, 0.3) is 0 Å². The Labute approximate surface area is 140 Å². The summed E-state index contributed by atoms with van der Waals surface area (Å²) < 4.78 is 5.10. The lowest BCUT2D eigenvalue weighted by Crippen LogP contribution is -2.43. The van der Waals surface area contributed by atoms with Crippen LogP contribution in [0.2, 0.25) is 0 Å². The molecular weight excluding hydrogens is 288 g/mol. The normalized spacial score (nSPS) is 14.7. The van der Waals surface area contributed by atoms with Gasteiger partial charge in [-0.05, 0) is 32.0 Å². The molecule has 1 aromatic rings. The van der Waals surface area contributed by atoms with Gasteiger partial charge in [-0.1, -0.05) is 44.2 Å². The zero-order valence-electron chi connectivity index (χ0n) is 15.0. The molecule has 0 aliphatic carbocycles. The maximum Gasteiger partial charge on any atom is 0.188 e. The Morgan fingerprint density at radius 3 is 2.48 bits per heavy atom. The lowest BCUT2D eigenvalue weighted by atomic mass is 10.0. The molecule has 1 rings (SSSR count). The molecule has 0 heterocycles. The van der Waals surface area contributed by atoms with Gasteiger partial charge in [0.2, 0.25) is 0 Å². The number of hydrogen-bond acceptors (Lipinski definition) is 3. The van der Waals surface area contributed by atoms with Crippen molar-refractivity contribution in [3.05, 3.63) is 35.9 Å². The third-order valence-electron chi connectivity index (χ3n) is 3.93. The Morgan fingerprint density at radius 1 is 1.26 bits per heavy atom. The summed E-state index contributed by atoms with van der Waals surface area (Å²) in [6, 6.07) is 11.1. The van der Waals surface area contributed by atoms with Crippen LogP contribution in [0.15, 0.2) is 35.3 Å². The van der Waals surface area contributed by atoms with Crippen LogP contribution in [-0.4, -0.2) is 56.3 Å². The van der Waals surface area contributed by atoms with Crippen LogP contribution in [-0.2, 0) is 11.2 Å². The van der Waals surface area contributed by atoms with Crippen LogP contribution < -0.4 is 11.1 Å². The quantitative estimate of drug-likeness (QED) is 0.510. The summed E-state index contributed by atoms with van der Waals surface area (Å²) in [6.07, 6.45) is 0.979. The Morgan fingerprint density at radius 2 is 1.91 bits per heavy atom. The first kappa shape index (κ1) is 19.5. The van der Waals surface area contributed by atoms with Crippen molar-refractivity contribution in [3.8, 4) is 0 Å². The van der Waals surface area contributed by atoms with Gasteiger partial charge < -0.3 is 15.8 Å². The van der Waals surface area contributed by atoms with E-state index < -0.39 is 0 Å². The van der Waals surface area contributed by atoms with Crippen molar-refractivity contribution in [3.63, 3.8) is 0 Å². The monoisotopic (exact) mass is 320 g/mol. The van der Waals surface area contributed by atoms with E-state index in [1.54, 1.807) is 7.11 Å². The number of methoxy groups -OCH3 is 1. The Balaban J connectivity index is 2.69. The predicted molar refractivity (Wildman–Crippen MR) is 97.8 cm³/mol. The zero-order chi connectivity index (χ0) is 17.1. The maximum absolute atomic E-state index is 5.99. The molecule has 0 aliphatic rings. The molecule has 0 aromatic heterocycles. The molecule has 0 amide bonds. The Bertz CT molecular complexity index is 446. The van der Waals surface area contributed by atoms with E-state index in [0.717, 1.165) is 19.5 Å². The average molecular weight is 320 g/mol. The van der Waals surface area contributed by atoms with Gasteiger partial charge in [-0.15, -0.1) is 0 Å². The number of hydrogen-bond donors (Lipinski definition) is 2. The Kier molecular flexibility index (Phi) is 9.33. The molecule has 0 saturated carbocycles. The predicted octanol–water partition coefficient (Wildman–Crippen LogP) is 1.88. The summed E-state index contributed by atoms with van der Waals surface area (Å²) in [6.45, 7) is 9.72. The topological polar surface area (TPSA) is 62.9 Å². The third-order valence-corrected chi connectivity index (χ3v) is 3.93. The van der Waals surface area contributed by atoms with E-state index in [-0.39, 0.29) is 6.04 Å². The molecule has 5 heteroatoms. The Hall–Kier alpha value is -1.59. The van der Waals surface area contributed by atoms with E-state index in [9.17, 15) is 0 Å². The van der Waals surface area contributed by atoms with Crippen molar-refractivity contribution < 1.29 is 4.74 Å². The van der Waals surface area contributed by atoms with Gasteiger partial charge in [0.15, 0.2) is 5.96 Å². The van der Waals surface area contributed by atoms with Gasteiger partial charge in [-0.25, -0.2) is 0 Å². The van der Waals surface area contributed by atoms with Gasteiger partial charge in [-0.3, -0.25) is 9.89 Å². The fraction of sp³-hybridized carbons (Fsp3) is 0.611. The minimum Gasteiger partial charge on any atom is -0.383 e. The second kappa shape index (κ2) is 11.0. The van der Waals surface area contributed by atoms with Crippen molar-refractivity contribution >= 4 is 5.96 Å². The SMILES string of the molecule is CCN(CC)C(CN=C(N)NC(C)COC)Cc1ccccc1. The summed E-state index contributed by atoms with van der Waals surface area (Å²) in [7, 11) is 1.68. The van der Waals surface area contributed by atoms with Crippen LogP contribution in [0.3, 0.4) is 0 Å². The summed E-state index contributed by atoms with van der Waals surface area (Å²) in [5.41, 5.74) is 7.33. The number of guanidine groups is 1. The number of benzene rings is 1. The highest BCUT2D eigenvalue weighted by atomic mass is 16.5. The molecule has 0 saturated heterocycles. The number of aliphatic imine (C=N–C) groups is 1. The third kappa shape index (κ3) is 7.48. The smallest absolute Gasteiger partial charge is 0.188 e. The summed E-state index contributed by atoms with van der Waals surface area (Å²) >= 11 is 0. The number of nitrogens with one attached hydrogen (secondary N) is 1. The second-order valence-corrected chi connectivity index (χ2v) is 5.79. The molecule has 5 nitrogen and oxygen atoms in total. The summed E-state index contributed by atoms with van der Waals surface area (Å²) in [4.78, 5) is 6.98. The first-order valence-corrected chi connectivity index (χ1v) is 8.44. The van der Waals surface area contributed by atoms with E-state index >= 15 is 0 Å². The fourth-order valence-electron chi connectivity index (χ4n) is 2.73. The summed E-state index contributed by atoms with van der Waals surface area (Å²) in [5, 5.41) is 3.16. The fourth-order valence-corrected chi connectivity index (χ4v) is 2.73. The highest BCUT2D eigenvalue weighted by molar-refractivity contribution is 5.78. The van der Waals surface area contributed by atoms with E-state index in [2.05, 4.69) is 53.3 Å². The highest BCUT2D eigenvalue weighted by Gasteiger charge is 2.16. The number of ether oxygens (including phenoxy) is 1. The molecule has 0 fully saturated rings. The van der Waals surface area contributed by atoms with Crippen LogP contribution in [0.5, 0.6) is 0 Å². The number of likely N-dealkylation sites (N-methyl/N-ethyl adjacent to an activating group) is 1. The molecule has 23 heavy (non-hydrogen) atoms. The van der Waals surface area contributed by atoms with Crippen molar-refractivity contribution in [1.82, 2.24) is 10.2 Å². The van der Waals surface area contributed by atoms with Crippen molar-refractivity contribution in [2.75, 3.05) is 33.4 Å². The van der Waals surface area contributed by atoms with Crippen LogP contribution in [0.4, 0.5) is 0 Å². The molecule has 2 unspecified atom stereocenters. The second-order valence-electron chi connectivity index (χ2n) is 5.79. The highest BCUT2D eigenvalue weighted by Crippen LogP contribution is 2.09. The standard InChI is InChI=1S/C18H32N4O/c1-5-22(6-2)17(12-16-10-8-7-9-11-16)13-20-18(19)21-15(3)14-23-4/h7-11,15,17H,5-6,12-14H2,1-4H3,(H3,19,20,21). The molecule has 0 radical (unpaired) electrons. The number of nitrogens with zero attached hydrogens (tertiary/aromatic N) is 2. The molecule has 2 atom stereocenters. The van der Waals surface area contributed by atoms with Crippen molar-refractivity contribution in [2.24, 2.45) is 10.7 Å². The molecular formula is C18H32N4O. The largest absolute Gasteiger partial charge is 0.383 e. The van der Waals surface area contributed by atoms with Gasteiger partial charge in [0.1, 0.15) is 0 Å². The maximum atomic E-state index is 5.99. The molecule has 130 valence electrons. The number of nitrogens with two attached hydrogens (primary N) is 1. The van der Waals surface area contributed by atoms with Crippen LogP contribution >= 0.6 is 0 Å². The zero-order valence-corrected chi connectivity index (χ0v) is 15.0. The minimum absolute atomic E-state index is 0.157. The first-order chi connectivity index (χ1) is 11.1. The van der Waals surface area contributed by atoms with Gasteiger partial charge in [0, 0.05) is 19.2 Å². The van der Waals surface area contributed by atoms with Crippen molar-refractivity contribution in [2.45, 2.75) is 39.3 Å². The number of rotatable bonds is 10. The first-order valence-electron chi connectivity index (χ1n) is 8.44. The van der Waals surface area contributed by atoms with Crippen LogP contribution in [0.1, 0.15) is 26.3 Å². The van der Waals surface area contributed by atoms with Gasteiger partial charge >= 0.3 is 0 Å². The van der Waals surface area contributed by atoms with E-state index in [1.807, 2.05) is 13.0 Å². The molecule has 1 aromatic carbocycles. The minimum atomic E-state index is 0.157. The molecule has 3 N–H and O–H groups in total. The lowest BCUT2D eigenvalue weighted by Gasteiger charge is -2.29.